The lowest BCUT2D eigenvalue weighted by Gasteiger charge is -2.30. The Hall–Kier alpha value is -2.16. The van der Waals surface area contributed by atoms with E-state index < -0.39 is 12.1 Å². The Morgan fingerprint density at radius 3 is 2.33 bits per heavy atom. The maximum atomic E-state index is 12.9. The van der Waals surface area contributed by atoms with Gasteiger partial charge in [-0.1, -0.05) is 53.2 Å². The fourth-order valence-electron chi connectivity index (χ4n) is 4.10. The Kier molecular flexibility index (Phi) is 15.3. The second-order valence-electron chi connectivity index (χ2n) is 10.4. The number of rotatable bonds is 18. The molecule has 0 spiro atoms. The highest BCUT2D eigenvalue weighted by Gasteiger charge is 2.29. The minimum absolute atomic E-state index is 0.0234. The first-order valence-electron chi connectivity index (χ1n) is 13.5. The first-order chi connectivity index (χ1) is 17.1. The largest absolute Gasteiger partial charge is 0.493 e. The molecule has 0 aliphatic rings. The molecule has 0 aliphatic carbocycles. The van der Waals surface area contributed by atoms with Gasteiger partial charge in [-0.2, -0.15) is 0 Å². The topological polar surface area (TPSA) is 140 Å². The van der Waals surface area contributed by atoms with Crippen LogP contribution in [-0.4, -0.2) is 55.3 Å². The summed E-state index contributed by atoms with van der Waals surface area (Å²) in [6.07, 6.45) is 2.72. The summed E-state index contributed by atoms with van der Waals surface area (Å²) < 4.78 is 5.73. The molecule has 0 fully saturated rings. The van der Waals surface area contributed by atoms with E-state index >= 15 is 0 Å². The SMILES string of the molecule is CCCCNC(=O)[C@@H](C[C@H](O)[C@@H](N)C[C@H](CNC(=O)c1ccccc1OCCCN)C(C)C)C(C)C. The van der Waals surface area contributed by atoms with Crippen LogP contribution in [0.3, 0.4) is 0 Å². The summed E-state index contributed by atoms with van der Waals surface area (Å²) in [7, 11) is 0. The van der Waals surface area contributed by atoms with Gasteiger partial charge in [-0.3, -0.25) is 9.59 Å². The number of nitrogens with one attached hydrogen (secondary N) is 2. The molecule has 7 N–H and O–H groups in total. The van der Waals surface area contributed by atoms with Crippen molar-refractivity contribution in [3.63, 3.8) is 0 Å². The summed E-state index contributed by atoms with van der Waals surface area (Å²) in [6, 6.07) is 6.66. The van der Waals surface area contributed by atoms with Crippen LogP contribution in [0.2, 0.25) is 0 Å². The summed E-state index contributed by atoms with van der Waals surface area (Å²) in [4.78, 5) is 25.6. The van der Waals surface area contributed by atoms with E-state index in [9.17, 15) is 14.7 Å². The number of para-hydroxylation sites is 1. The van der Waals surface area contributed by atoms with Gasteiger partial charge in [-0.25, -0.2) is 0 Å². The molecule has 0 saturated heterocycles. The van der Waals surface area contributed by atoms with Gasteiger partial charge in [0.05, 0.1) is 18.3 Å². The lowest BCUT2D eigenvalue weighted by molar-refractivity contribution is -0.127. The molecule has 1 rings (SSSR count). The van der Waals surface area contributed by atoms with Crippen LogP contribution in [0.25, 0.3) is 0 Å². The molecule has 0 aromatic heterocycles. The average Bonchev–Trinajstić information content (AvgIpc) is 2.84. The third kappa shape index (κ3) is 11.3. The zero-order valence-electron chi connectivity index (χ0n) is 23.0. The zero-order chi connectivity index (χ0) is 27.1. The highest BCUT2D eigenvalue weighted by molar-refractivity contribution is 5.96. The van der Waals surface area contributed by atoms with Crippen molar-refractivity contribution in [3.8, 4) is 5.75 Å². The molecule has 4 atom stereocenters. The number of unbranched alkanes of at least 4 members (excludes halogenated alkanes) is 1. The van der Waals surface area contributed by atoms with Gasteiger partial charge in [0.2, 0.25) is 5.91 Å². The van der Waals surface area contributed by atoms with E-state index in [4.69, 9.17) is 16.2 Å². The van der Waals surface area contributed by atoms with Gasteiger partial charge in [0.15, 0.2) is 0 Å². The van der Waals surface area contributed by atoms with Gasteiger partial charge >= 0.3 is 0 Å². The zero-order valence-corrected chi connectivity index (χ0v) is 23.0. The molecule has 1 aromatic carbocycles. The van der Waals surface area contributed by atoms with Crippen LogP contribution < -0.4 is 26.8 Å². The Bertz CT molecular complexity index is 772. The van der Waals surface area contributed by atoms with Crippen LogP contribution in [0.4, 0.5) is 0 Å². The molecule has 2 amide bonds. The Morgan fingerprint density at radius 1 is 1.03 bits per heavy atom. The summed E-state index contributed by atoms with van der Waals surface area (Å²) in [5, 5.41) is 16.9. The van der Waals surface area contributed by atoms with Gasteiger partial charge < -0.3 is 31.9 Å². The van der Waals surface area contributed by atoms with Crippen molar-refractivity contribution in [2.24, 2.45) is 35.1 Å². The summed E-state index contributed by atoms with van der Waals surface area (Å²) in [5.41, 5.74) is 12.4. The predicted octanol–water partition coefficient (Wildman–Crippen LogP) is 3.07. The van der Waals surface area contributed by atoms with Crippen molar-refractivity contribution in [2.75, 3.05) is 26.2 Å². The standard InChI is InChI=1S/C28H50N4O4/c1-6-7-14-31-28(35)23(20(4)5)17-25(33)24(30)16-21(19(2)3)18-32-27(34)22-11-8-9-12-26(22)36-15-10-13-29/h8-9,11-12,19-21,23-25,33H,6-7,10,13-18,29-30H2,1-5H3,(H,31,35)(H,32,34)/t21-,23+,24+,25+/m1/s1. The van der Waals surface area contributed by atoms with Crippen LogP contribution in [0.15, 0.2) is 24.3 Å². The second kappa shape index (κ2) is 17.3. The number of carbonyl (C=O) groups excluding carboxylic acids is 2. The Balaban J connectivity index is 2.72. The van der Waals surface area contributed by atoms with Crippen molar-refractivity contribution in [3.05, 3.63) is 29.8 Å². The summed E-state index contributed by atoms with van der Waals surface area (Å²) >= 11 is 0. The van der Waals surface area contributed by atoms with E-state index in [1.54, 1.807) is 18.2 Å². The van der Waals surface area contributed by atoms with E-state index in [0.29, 0.717) is 56.8 Å². The number of aliphatic hydroxyl groups is 1. The normalized spacial score (nSPS) is 14.8. The Morgan fingerprint density at radius 2 is 1.72 bits per heavy atom. The van der Waals surface area contributed by atoms with Crippen molar-refractivity contribution in [1.29, 1.82) is 0 Å². The monoisotopic (exact) mass is 506 g/mol. The number of amides is 2. The first-order valence-corrected chi connectivity index (χ1v) is 13.5. The fourth-order valence-corrected chi connectivity index (χ4v) is 4.10. The number of benzene rings is 1. The van der Waals surface area contributed by atoms with E-state index in [1.165, 1.54) is 0 Å². The van der Waals surface area contributed by atoms with Crippen LogP contribution in [0.1, 0.15) is 77.1 Å². The number of nitrogens with two attached hydrogens (primary N) is 2. The van der Waals surface area contributed by atoms with E-state index in [0.717, 1.165) is 12.8 Å². The molecule has 206 valence electrons. The maximum absolute atomic E-state index is 12.9. The third-order valence-corrected chi connectivity index (χ3v) is 6.74. The van der Waals surface area contributed by atoms with Crippen LogP contribution in [0.5, 0.6) is 5.75 Å². The minimum atomic E-state index is -0.803. The molecule has 0 saturated carbocycles. The number of aliphatic hydroxyl groups excluding tert-OH is 1. The molecular weight excluding hydrogens is 456 g/mol. The van der Waals surface area contributed by atoms with Gasteiger partial charge in [0.25, 0.3) is 5.91 Å². The number of carbonyl (C=O) groups is 2. The molecule has 0 unspecified atom stereocenters. The van der Waals surface area contributed by atoms with E-state index in [-0.39, 0.29) is 35.5 Å². The fraction of sp³-hybridized carbons (Fsp3) is 0.714. The van der Waals surface area contributed by atoms with Crippen molar-refractivity contribution in [1.82, 2.24) is 10.6 Å². The van der Waals surface area contributed by atoms with Crippen molar-refractivity contribution >= 4 is 11.8 Å². The van der Waals surface area contributed by atoms with Crippen LogP contribution >= 0.6 is 0 Å². The van der Waals surface area contributed by atoms with Crippen LogP contribution in [-0.2, 0) is 4.79 Å². The van der Waals surface area contributed by atoms with Crippen molar-refractivity contribution in [2.45, 2.75) is 78.9 Å². The molecule has 8 nitrogen and oxygen atoms in total. The summed E-state index contributed by atoms with van der Waals surface area (Å²) in [5.74, 6) is 0.425. The second-order valence-corrected chi connectivity index (χ2v) is 10.4. The van der Waals surface area contributed by atoms with Gasteiger partial charge in [0, 0.05) is 25.0 Å². The molecule has 0 bridgehead atoms. The van der Waals surface area contributed by atoms with Crippen LogP contribution in [0, 0.1) is 23.7 Å². The lowest BCUT2D eigenvalue weighted by Crippen LogP contribution is -2.44. The smallest absolute Gasteiger partial charge is 0.255 e. The Labute approximate surface area is 217 Å². The quantitative estimate of drug-likeness (QED) is 0.194. The summed E-state index contributed by atoms with van der Waals surface area (Å²) in [6.45, 7) is 12.3. The molecule has 0 heterocycles. The van der Waals surface area contributed by atoms with Gasteiger partial charge in [0.1, 0.15) is 5.75 Å². The van der Waals surface area contributed by atoms with E-state index in [2.05, 4.69) is 31.4 Å². The lowest BCUT2D eigenvalue weighted by atomic mass is 9.83. The van der Waals surface area contributed by atoms with E-state index in [1.807, 2.05) is 19.9 Å². The highest BCUT2D eigenvalue weighted by atomic mass is 16.5. The predicted molar refractivity (Wildman–Crippen MR) is 146 cm³/mol. The molecular formula is C28H50N4O4. The maximum Gasteiger partial charge on any atom is 0.255 e. The van der Waals surface area contributed by atoms with Gasteiger partial charge in [-0.05, 0) is 62.1 Å². The highest BCUT2D eigenvalue weighted by Crippen LogP contribution is 2.24. The third-order valence-electron chi connectivity index (χ3n) is 6.74. The number of hydrogen-bond donors (Lipinski definition) is 5. The van der Waals surface area contributed by atoms with Gasteiger partial charge in [-0.15, -0.1) is 0 Å². The number of hydrogen-bond acceptors (Lipinski definition) is 6. The number of ether oxygens (including phenoxy) is 1. The molecule has 0 aliphatic heterocycles. The van der Waals surface area contributed by atoms with Crippen molar-refractivity contribution < 1.29 is 19.4 Å². The first kappa shape index (κ1) is 31.9. The molecule has 36 heavy (non-hydrogen) atoms. The molecule has 0 radical (unpaired) electrons. The molecule has 8 heteroatoms. The molecule has 1 aromatic rings. The minimum Gasteiger partial charge on any atom is -0.493 e. The average molecular weight is 507 g/mol.